The molecule has 0 saturated heterocycles. The average Bonchev–Trinajstić information content (AvgIpc) is 2.94. The van der Waals surface area contributed by atoms with E-state index in [0.717, 1.165) is 16.7 Å². The van der Waals surface area contributed by atoms with Crippen LogP contribution in [0.2, 0.25) is 0 Å². The molecule has 0 bridgehead atoms. The molecule has 0 saturated carbocycles. The average molecular weight is 491 g/mol. The van der Waals surface area contributed by atoms with Crippen molar-refractivity contribution in [1.29, 1.82) is 0 Å². The molecule has 4 rings (SSSR count). The summed E-state index contributed by atoms with van der Waals surface area (Å²) in [5, 5.41) is 10.9. The van der Waals surface area contributed by atoms with Crippen LogP contribution in [0.3, 0.4) is 0 Å². The molecule has 1 aliphatic rings. The molecule has 36 heavy (non-hydrogen) atoms. The lowest BCUT2D eigenvalue weighted by Crippen LogP contribution is -2.21. The van der Waals surface area contributed by atoms with Crippen molar-refractivity contribution in [2.45, 2.75) is 60.7 Å². The number of benzene rings is 3. The first-order valence-electron chi connectivity index (χ1n) is 12.6. The van der Waals surface area contributed by atoms with Gasteiger partial charge in [-0.2, -0.15) is 0 Å². The molecule has 0 amide bonds. The maximum absolute atomic E-state index is 13.1. The molecule has 0 aromatic heterocycles. The lowest BCUT2D eigenvalue weighted by atomic mass is 9.95. The third-order valence-corrected chi connectivity index (χ3v) is 5.45. The van der Waals surface area contributed by atoms with Crippen LogP contribution >= 0.6 is 0 Å². The highest BCUT2D eigenvalue weighted by Crippen LogP contribution is 2.49. The van der Waals surface area contributed by atoms with E-state index in [2.05, 4.69) is 0 Å². The molecule has 0 radical (unpaired) electrons. The van der Waals surface area contributed by atoms with Crippen LogP contribution in [0, 0.1) is 0 Å². The number of hydrogen-bond donors (Lipinski definition) is 1. The summed E-state index contributed by atoms with van der Waals surface area (Å²) in [6.07, 6.45) is 1.63. The Bertz CT molecular complexity index is 1120. The molecule has 1 N–H and O–H groups in total. The number of fused-ring (bicyclic) bond motifs is 1. The molecule has 1 heterocycles. The summed E-state index contributed by atoms with van der Waals surface area (Å²) >= 11 is 0. The second-order valence-electron chi connectivity index (χ2n) is 7.77. The van der Waals surface area contributed by atoms with Gasteiger partial charge < -0.3 is 19.3 Å². The van der Waals surface area contributed by atoms with Crippen LogP contribution in [0.25, 0.3) is 0 Å². The summed E-state index contributed by atoms with van der Waals surface area (Å²) in [7, 11) is 0. The fraction of sp³-hybridized carbons (Fsp3) is 0.323. The van der Waals surface area contributed by atoms with E-state index in [1.807, 2.05) is 108 Å². The van der Waals surface area contributed by atoms with Gasteiger partial charge in [0.25, 0.3) is 0 Å². The molecule has 1 atom stereocenters. The minimum atomic E-state index is -0.447. The number of ketones is 1. The van der Waals surface area contributed by atoms with Gasteiger partial charge in [0.1, 0.15) is 24.9 Å². The number of carbonyl (C=O) groups is 1. The Labute approximate surface area is 215 Å². The Morgan fingerprint density at radius 1 is 0.972 bits per heavy atom. The van der Waals surface area contributed by atoms with E-state index in [0.29, 0.717) is 12.4 Å². The maximum atomic E-state index is 13.1. The van der Waals surface area contributed by atoms with E-state index in [9.17, 15) is 9.90 Å². The van der Waals surface area contributed by atoms with E-state index >= 15 is 0 Å². The number of Topliss-reactive ketones (excluding diaryl/α,β-unsaturated/α-hetero) is 1. The third kappa shape index (κ3) is 7.14. The van der Waals surface area contributed by atoms with Gasteiger partial charge in [0.15, 0.2) is 28.8 Å². The van der Waals surface area contributed by atoms with Gasteiger partial charge in [-0.25, -0.2) is 0 Å². The van der Waals surface area contributed by atoms with Crippen molar-refractivity contribution >= 4 is 5.78 Å². The van der Waals surface area contributed by atoms with E-state index in [4.69, 9.17) is 14.2 Å². The molecule has 5 heteroatoms. The summed E-state index contributed by atoms with van der Waals surface area (Å²) in [5.41, 5.74) is 2.98. The third-order valence-electron chi connectivity index (χ3n) is 5.45. The number of ether oxygens (including phenoxy) is 3. The van der Waals surface area contributed by atoms with Gasteiger partial charge in [-0.15, -0.1) is 0 Å². The van der Waals surface area contributed by atoms with E-state index in [1.54, 1.807) is 6.07 Å². The van der Waals surface area contributed by atoms with Crippen LogP contribution in [0.15, 0.2) is 78.4 Å². The monoisotopic (exact) mass is 490 g/mol. The molecule has 0 aliphatic carbocycles. The summed E-state index contributed by atoms with van der Waals surface area (Å²) < 4.78 is 18.1. The van der Waals surface area contributed by atoms with Crippen molar-refractivity contribution in [3.05, 3.63) is 95.1 Å². The summed E-state index contributed by atoms with van der Waals surface area (Å²) in [6, 6.07) is 20.8. The van der Waals surface area contributed by atoms with E-state index in [1.165, 1.54) is 0 Å². The fourth-order valence-corrected chi connectivity index (χ4v) is 3.52. The Hall–Kier alpha value is -3.73. The summed E-state index contributed by atoms with van der Waals surface area (Å²) in [4.78, 5) is 13.1. The summed E-state index contributed by atoms with van der Waals surface area (Å²) in [5.74, 6) is 0.383. The van der Waals surface area contributed by atoms with E-state index < -0.39 is 6.10 Å². The molecule has 1 unspecified atom stereocenters. The minimum absolute atomic E-state index is 0.107. The molecule has 192 valence electrons. The van der Waals surface area contributed by atoms with Gasteiger partial charge in [-0.1, -0.05) is 94.4 Å². The molecule has 0 fully saturated rings. The van der Waals surface area contributed by atoms with Crippen LogP contribution in [-0.4, -0.2) is 17.5 Å². The van der Waals surface area contributed by atoms with Crippen molar-refractivity contribution in [2.24, 2.45) is 0 Å². The Kier molecular flexibility index (Phi) is 11.6. The van der Waals surface area contributed by atoms with Crippen molar-refractivity contribution in [1.82, 2.24) is 0 Å². The zero-order valence-electron chi connectivity index (χ0n) is 22.2. The molecular formula is C31H38O5. The van der Waals surface area contributed by atoms with Crippen molar-refractivity contribution < 1.29 is 24.1 Å². The molecule has 3 aromatic carbocycles. The SMILES string of the molecule is C/C=C(\C)COc1cc(OCc2ccccc2)c(O)c2c1OC(c1ccccc1)CC2=O.CC.CC. The van der Waals surface area contributed by atoms with E-state index in [-0.39, 0.29) is 41.6 Å². The number of rotatable bonds is 7. The first-order valence-corrected chi connectivity index (χ1v) is 12.6. The van der Waals surface area contributed by atoms with Gasteiger partial charge >= 0.3 is 0 Å². The number of hydrogen-bond acceptors (Lipinski definition) is 5. The van der Waals surface area contributed by atoms with Crippen molar-refractivity contribution in [3.63, 3.8) is 0 Å². The zero-order chi connectivity index (χ0) is 26.5. The lowest BCUT2D eigenvalue weighted by molar-refractivity contribution is 0.0833. The van der Waals surface area contributed by atoms with Gasteiger partial charge in [0.05, 0.1) is 6.42 Å². The first kappa shape index (κ1) is 28.5. The highest BCUT2D eigenvalue weighted by Gasteiger charge is 2.35. The largest absolute Gasteiger partial charge is 0.504 e. The molecule has 1 aliphatic heterocycles. The van der Waals surface area contributed by atoms with Crippen molar-refractivity contribution in [2.75, 3.05) is 6.61 Å². The molecule has 0 spiro atoms. The fourth-order valence-electron chi connectivity index (χ4n) is 3.52. The normalized spacial score (nSPS) is 14.2. The highest BCUT2D eigenvalue weighted by molar-refractivity contribution is 6.04. The molecule has 3 aromatic rings. The number of aromatic hydroxyl groups is 1. The highest BCUT2D eigenvalue weighted by atomic mass is 16.5. The minimum Gasteiger partial charge on any atom is -0.504 e. The topological polar surface area (TPSA) is 65.0 Å². The van der Waals surface area contributed by atoms with Crippen LogP contribution in [0.5, 0.6) is 23.0 Å². The lowest BCUT2D eigenvalue weighted by Gasteiger charge is -2.28. The van der Waals surface area contributed by atoms with Crippen LogP contribution in [0.1, 0.15) is 75.6 Å². The summed E-state index contributed by atoms with van der Waals surface area (Å²) in [6.45, 7) is 12.5. The van der Waals surface area contributed by atoms with Crippen LogP contribution in [0.4, 0.5) is 0 Å². The second kappa shape index (κ2) is 14.6. The number of phenolic OH excluding ortho intramolecular Hbond substituents is 1. The Morgan fingerprint density at radius 3 is 2.19 bits per heavy atom. The number of allylic oxidation sites excluding steroid dienone is 1. The van der Waals surface area contributed by atoms with Gasteiger partial charge in [-0.05, 0) is 30.5 Å². The van der Waals surface area contributed by atoms with Crippen LogP contribution in [-0.2, 0) is 6.61 Å². The maximum Gasteiger partial charge on any atom is 0.176 e. The van der Waals surface area contributed by atoms with Crippen molar-refractivity contribution in [3.8, 4) is 23.0 Å². The van der Waals surface area contributed by atoms with Gasteiger partial charge in [0, 0.05) is 6.07 Å². The van der Waals surface area contributed by atoms with Gasteiger partial charge in [0.2, 0.25) is 0 Å². The zero-order valence-corrected chi connectivity index (χ0v) is 22.2. The number of carbonyl (C=O) groups excluding carboxylic acids is 1. The van der Waals surface area contributed by atoms with Crippen LogP contribution < -0.4 is 14.2 Å². The molecule has 5 nitrogen and oxygen atoms in total. The standard InChI is InChI=1S/C27H26O5.2C2H6/c1-3-18(2)16-30-24-15-23(31-17-19-10-6-4-7-11-19)26(29)25-21(28)14-22(32-27(24)25)20-12-8-5-9-13-20;2*1-2/h3-13,15,22,29H,14,16-17H2,1-2H3;2*1-2H3/b18-3+;;. The first-order chi connectivity index (χ1) is 17.6. The van der Waals surface area contributed by atoms with Gasteiger partial charge in [-0.3, -0.25) is 4.79 Å². The predicted octanol–water partition coefficient (Wildman–Crippen LogP) is 8.08. The quantitative estimate of drug-likeness (QED) is 0.339. The second-order valence-corrected chi connectivity index (χ2v) is 7.77. The number of phenols is 1. The Morgan fingerprint density at radius 2 is 1.58 bits per heavy atom. The predicted molar refractivity (Wildman–Crippen MR) is 145 cm³/mol. The molecular weight excluding hydrogens is 452 g/mol. The Balaban J connectivity index is 0.00000109. The smallest absolute Gasteiger partial charge is 0.176 e.